The lowest BCUT2D eigenvalue weighted by Gasteiger charge is -2.17. The first kappa shape index (κ1) is 29.9. The highest BCUT2D eigenvalue weighted by atomic mass is 16.3. The Balaban J connectivity index is 0.000000202. The fraction of sp³-hybridized carbons (Fsp3) is 0.140. The molecule has 0 saturated carbocycles. The fourth-order valence-electron chi connectivity index (χ4n) is 7.35. The molecule has 9 aromatic rings. The first-order chi connectivity index (χ1) is 24.6. The van der Waals surface area contributed by atoms with Crippen molar-refractivity contribution in [3.05, 3.63) is 138 Å². The summed E-state index contributed by atoms with van der Waals surface area (Å²) in [6.45, 7) is 7.25. The lowest BCUT2D eigenvalue weighted by atomic mass is 10.0. The Morgan fingerprint density at radius 1 is 0.720 bits per heavy atom. The number of nitrogens with one attached hydrogen (secondary N) is 1. The molecule has 0 bridgehead atoms. The summed E-state index contributed by atoms with van der Waals surface area (Å²) in [6.07, 6.45) is 11.8. The number of hydrogen-bond acceptors (Lipinski definition) is 6. The topological polar surface area (TPSA) is 81.9 Å². The molecule has 0 fully saturated rings. The molecule has 3 aromatic carbocycles. The van der Waals surface area contributed by atoms with Crippen LogP contribution in [0.3, 0.4) is 0 Å². The summed E-state index contributed by atoms with van der Waals surface area (Å²) in [4.78, 5) is 13.7. The van der Waals surface area contributed by atoms with Crippen LogP contribution in [0.25, 0.3) is 77.3 Å². The van der Waals surface area contributed by atoms with Crippen LogP contribution in [0.2, 0.25) is 0 Å². The number of dihydropyridines is 1. The van der Waals surface area contributed by atoms with Gasteiger partial charge in [-0.1, -0.05) is 55.8 Å². The smallest absolute Gasteiger partial charge is 0.159 e. The predicted molar refractivity (Wildman–Crippen MR) is 204 cm³/mol. The van der Waals surface area contributed by atoms with E-state index < -0.39 is 0 Å². The van der Waals surface area contributed by atoms with Crippen molar-refractivity contribution in [3.63, 3.8) is 0 Å². The summed E-state index contributed by atoms with van der Waals surface area (Å²) >= 11 is 0. The summed E-state index contributed by atoms with van der Waals surface area (Å²) in [6, 6.07) is 29.1. The lowest BCUT2D eigenvalue weighted by Crippen LogP contribution is -2.17. The summed E-state index contributed by atoms with van der Waals surface area (Å²) in [5, 5.41) is 8.71. The van der Waals surface area contributed by atoms with E-state index in [-0.39, 0.29) is 0 Å². The minimum Gasteiger partial charge on any atom is -0.456 e. The monoisotopic (exact) mass is 653 g/mol. The third-order valence-corrected chi connectivity index (χ3v) is 9.65. The van der Waals surface area contributed by atoms with E-state index in [1.54, 1.807) is 0 Å². The van der Waals surface area contributed by atoms with Crippen LogP contribution in [-0.2, 0) is 6.42 Å². The van der Waals surface area contributed by atoms with Gasteiger partial charge in [0.1, 0.15) is 22.4 Å². The van der Waals surface area contributed by atoms with Crippen molar-refractivity contribution < 1.29 is 8.83 Å². The van der Waals surface area contributed by atoms with Gasteiger partial charge in [-0.2, -0.15) is 0 Å². The molecular weight excluding hydrogens is 619 g/mol. The molecule has 1 aliphatic rings. The largest absolute Gasteiger partial charge is 0.456 e. The zero-order chi connectivity index (χ0) is 33.8. The Kier molecular flexibility index (Phi) is 7.20. The van der Waals surface area contributed by atoms with Crippen molar-refractivity contribution in [3.8, 4) is 5.69 Å². The fourth-order valence-corrected chi connectivity index (χ4v) is 7.35. The molecular formula is C43H35N5O2. The highest BCUT2D eigenvalue weighted by Crippen LogP contribution is 2.40. The number of rotatable bonds is 4. The molecule has 0 spiro atoms. The van der Waals surface area contributed by atoms with E-state index in [9.17, 15) is 0 Å². The van der Waals surface area contributed by atoms with Gasteiger partial charge in [0.25, 0.3) is 0 Å². The second kappa shape index (κ2) is 12.0. The van der Waals surface area contributed by atoms with Gasteiger partial charge in [-0.25, -0.2) is 4.98 Å². The molecule has 0 amide bonds. The van der Waals surface area contributed by atoms with Crippen molar-refractivity contribution in [1.29, 1.82) is 0 Å². The second-order valence-corrected chi connectivity index (χ2v) is 12.8. The van der Waals surface area contributed by atoms with Crippen molar-refractivity contribution >= 4 is 71.6 Å². The molecule has 0 saturated heterocycles. The second-order valence-electron chi connectivity index (χ2n) is 12.8. The Hall–Kier alpha value is -6.21. The quantitative estimate of drug-likeness (QED) is 0.204. The van der Waals surface area contributed by atoms with Gasteiger partial charge in [-0.15, -0.1) is 0 Å². The van der Waals surface area contributed by atoms with E-state index in [4.69, 9.17) is 13.8 Å². The number of benzene rings is 3. The number of nitrogens with zero attached hydrogens (tertiary/aromatic N) is 4. The zero-order valence-electron chi connectivity index (χ0n) is 28.2. The van der Waals surface area contributed by atoms with Gasteiger partial charge in [0.2, 0.25) is 0 Å². The number of para-hydroxylation sites is 2. The third kappa shape index (κ3) is 4.77. The Bertz CT molecular complexity index is 2760. The van der Waals surface area contributed by atoms with Gasteiger partial charge in [0.05, 0.1) is 16.7 Å². The van der Waals surface area contributed by atoms with Gasteiger partial charge in [-0.3, -0.25) is 14.5 Å². The van der Waals surface area contributed by atoms with E-state index >= 15 is 0 Å². The number of allylic oxidation sites excluding steroid dienone is 2. The van der Waals surface area contributed by atoms with Gasteiger partial charge >= 0.3 is 0 Å². The molecule has 10 rings (SSSR count). The average Bonchev–Trinajstić information content (AvgIpc) is 3.81. The van der Waals surface area contributed by atoms with E-state index in [1.807, 2.05) is 43.7 Å². The molecule has 0 unspecified atom stereocenters. The van der Waals surface area contributed by atoms with Crippen molar-refractivity contribution in [1.82, 2.24) is 24.8 Å². The number of hydrogen-bond donors (Lipinski definition) is 1. The molecule has 7 heterocycles. The van der Waals surface area contributed by atoms with Crippen LogP contribution < -0.4 is 5.32 Å². The van der Waals surface area contributed by atoms with Gasteiger partial charge in [-0.05, 0) is 86.0 Å². The number of aryl methyl sites for hydroxylation is 2. The van der Waals surface area contributed by atoms with Gasteiger partial charge in [0, 0.05) is 69.0 Å². The van der Waals surface area contributed by atoms with Crippen molar-refractivity contribution in [2.75, 3.05) is 6.54 Å². The number of pyridine rings is 3. The van der Waals surface area contributed by atoms with Crippen LogP contribution in [0, 0.1) is 6.92 Å². The zero-order valence-corrected chi connectivity index (χ0v) is 28.2. The molecule has 244 valence electrons. The summed E-state index contributed by atoms with van der Waals surface area (Å²) < 4.78 is 15.2. The molecule has 1 aliphatic heterocycles. The molecule has 7 nitrogen and oxygen atoms in total. The summed E-state index contributed by atoms with van der Waals surface area (Å²) in [5.41, 5.74) is 13.3. The number of fused-ring (bicyclic) bond motifs is 9. The van der Waals surface area contributed by atoms with E-state index in [1.165, 1.54) is 22.4 Å². The molecule has 6 aromatic heterocycles. The number of furan rings is 2. The minimum absolute atomic E-state index is 0.824. The van der Waals surface area contributed by atoms with Crippen LogP contribution in [0.15, 0.2) is 130 Å². The normalized spacial score (nSPS) is 13.2. The molecule has 7 heteroatoms. The van der Waals surface area contributed by atoms with Crippen LogP contribution in [0.5, 0.6) is 0 Å². The van der Waals surface area contributed by atoms with Crippen LogP contribution in [-0.4, -0.2) is 26.1 Å². The van der Waals surface area contributed by atoms with Crippen molar-refractivity contribution in [2.45, 2.75) is 33.6 Å². The first-order valence-corrected chi connectivity index (χ1v) is 17.1. The minimum atomic E-state index is 0.824. The Labute approximate surface area is 288 Å². The highest BCUT2D eigenvalue weighted by Gasteiger charge is 2.20. The molecule has 0 aliphatic carbocycles. The first-order valence-electron chi connectivity index (χ1n) is 17.1. The Morgan fingerprint density at radius 2 is 1.42 bits per heavy atom. The maximum Gasteiger partial charge on any atom is 0.159 e. The molecule has 0 atom stereocenters. The average molecular weight is 654 g/mol. The number of aromatic nitrogens is 4. The molecule has 50 heavy (non-hydrogen) atoms. The standard InChI is InChI=1S/C31H21N3O2.C12H14N2/c1-2-7-18-8-3-9-19-22-16-27-23(17-26(22)35-29(18)19)20-10-4-12-25(30(20)36-27)34-24-13-6-14-32-28(24)21-11-5-15-33-31(21)34;1-9-5-3-8-14-12(9)11-6-4-7-13-10(11)2/h3-6,8-17H,2,7H2,1H3;3-7,14H,8H2,1-2H3. The Morgan fingerprint density at radius 3 is 2.22 bits per heavy atom. The maximum atomic E-state index is 6.60. The molecule has 0 radical (unpaired) electrons. The van der Waals surface area contributed by atoms with Crippen LogP contribution in [0.4, 0.5) is 0 Å². The predicted octanol–water partition coefficient (Wildman–Crippen LogP) is 10.6. The SMILES string of the molecule is CC1=C(c2cccnc2C)NCC=C1.CCCc1cccc2c1oc1cc3c(cc12)oc1c(-n2c4cccnc4c4cccnc42)cccc13. The highest BCUT2D eigenvalue weighted by molar-refractivity contribution is 6.16. The third-order valence-electron chi connectivity index (χ3n) is 9.65. The maximum absolute atomic E-state index is 6.60. The van der Waals surface area contributed by atoms with Gasteiger partial charge < -0.3 is 14.2 Å². The van der Waals surface area contributed by atoms with Crippen LogP contribution in [0.1, 0.15) is 37.1 Å². The van der Waals surface area contributed by atoms with E-state index in [0.29, 0.717) is 0 Å². The van der Waals surface area contributed by atoms with Crippen LogP contribution >= 0.6 is 0 Å². The van der Waals surface area contributed by atoms with E-state index in [0.717, 1.165) is 96.7 Å². The summed E-state index contributed by atoms with van der Waals surface area (Å²) in [7, 11) is 0. The lowest BCUT2D eigenvalue weighted by molar-refractivity contribution is 0.658. The van der Waals surface area contributed by atoms with E-state index in [2.05, 4.69) is 113 Å². The van der Waals surface area contributed by atoms with Crippen molar-refractivity contribution in [2.24, 2.45) is 0 Å². The van der Waals surface area contributed by atoms with Gasteiger partial charge in [0.15, 0.2) is 5.58 Å². The molecule has 1 N–H and O–H groups in total. The summed E-state index contributed by atoms with van der Waals surface area (Å²) in [5.74, 6) is 0.